The van der Waals surface area contributed by atoms with E-state index in [0.717, 1.165) is 0 Å². The molecule has 0 fully saturated rings. The number of pyridine rings is 1. The number of rotatable bonds is 7. The molecule has 0 aliphatic heterocycles. The van der Waals surface area contributed by atoms with Crippen LogP contribution in [0.3, 0.4) is 0 Å². The number of carbonyl (C=O) groups excluding carboxylic acids is 1. The fourth-order valence-electron chi connectivity index (χ4n) is 1.37. The quantitative estimate of drug-likeness (QED) is 0.656. The normalized spacial score (nSPS) is 12.2. The van der Waals surface area contributed by atoms with Crippen LogP contribution >= 0.6 is 15.9 Å². The Labute approximate surface area is 132 Å². The Balaban J connectivity index is 3.08. The molecule has 0 atom stereocenters. The van der Waals surface area contributed by atoms with Gasteiger partial charge in [0, 0.05) is 23.8 Å². The summed E-state index contributed by atoms with van der Waals surface area (Å²) < 4.78 is 27.7. The van der Waals surface area contributed by atoms with Crippen LogP contribution in [-0.4, -0.2) is 32.4 Å². The monoisotopic (exact) mass is 378 g/mol. The zero-order valence-electron chi connectivity index (χ0n) is 12.1. The highest BCUT2D eigenvalue weighted by atomic mass is 79.9. The van der Waals surface area contributed by atoms with Gasteiger partial charge in [0.15, 0.2) is 0 Å². The Kier molecular flexibility index (Phi) is 5.71. The first-order valence-corrected chi connectivity index (χ1v) is 8.57. The van der Waals surface area contributed by atoms with E-state index in [2.05, 4.69) is 31.0 Å². The van der Waals surface area contributed by atoms with Crippen molar-refractivity contribution in [1.82, 2.24) is 9.71 Å². The van der Waals surface area contributed by atoms with Crippen LogP contribution in [0.4, 0.5) is 5.82 Å². The molecule has 0 aliphatic carbocycles. The molecule has 0 saturated carbocycles. The number of primary amides is 1. The third-order valence-corrected chi connectivity index (χ3v) is 4.67. The minimum absolute atomic E-state index is 0.0130. The second kappa shape index (κ2) is 6.71. The topological polar surface area (TPSA) is 114 Å². The number of aromatic nitrogens is 1. The third-order valence-electron chi connectivity index (χ3n) is 2.82. The van der Waals surface area contributed by atoms with Crippen molar-refractivity contribution in [3.8, 4) is 0 Å². The summed E-state index contributed by atoms with van der Waals surface area (Å²) in [5.74, 6) is -0.324. The summed E-state index contributed by atoms with van der Waals surface area (Å²) in [5.41, 5.74) is 4.25. The van der Waals surface area contributed by atoms with Gasteiger partial charge in [0.05, 0.1) is 5.41 Å². The molecule has 0 aromatic carbocycles. The number of hydrogen-bond acceptors (Lipinski definition) is 5. The van der Waals surface area contributed by atoms with E-state index >= 15 is 0 Å². The molecule has 0 saturated heterocycles. The van der Waals surface area contributed by atoms with Crippen molar-refractivity contribution < 1.29 is 13.2 Å². The van der Waals surface area contributed by atoms with Crippen molar-refractivity contribution in [3.63, 3.8) is 0 Å². The standard InChI is InChI=1S/C12H19BrN4O3S/c1-4-15-10-9(5-8(13)6-16-10)21(19,20)17-7-12(2,3)11(14)18/h5-6,17H,4,7H2,1-3H3,(H2,14,18)(H,15,16). The summed E-state index contributed by atoms with van der Waals surface area (Å²) >= 11 is 3.20. The summed E-state index contributed by atoms with van der Waals surface area (Å²) in [6, 6.07) is 1.45. The first kappa shape index (κ1) is 17.9. The number of nitrogens with two attached hydrogens (primary N) is 1. The fourth-order valence-corrected chi connectivity index (χ4v) is 3.22. The number of anilines is 1. The molecule has 1 rings (SSSR count). The van der Waals surface area contributed by atoms with Crippen LogP contribution in [0.1, 0.15) is 20.8 Å². The van der Waals surface area contributed by atoms with E-state index in [1.165, 1.54) is 12.3 Å². The molecular weight excluding hydrogens is 360 g/mol. The number of hydrogen-bond donors (Lipinski definition) is 3. The van der Waals surface area contributed by atoms with E-state index in [1.807, 2.05) is 6.92 Å². The smallest absolute Gasteiger partial charge is 0.244 e. The van der Waals surface area contributed by atoms with Gasteiger partial charge in [-0.05, 0) is 42.8 Å². The van der Waals surface area contributed by atoms with Gasteiger partial charge in [-0.15, -0.1) is 0 Å². The van der Waals surface area contributed by atoms with Gasteiger partial charge in [-0.1, -0.05) is 0 Å². The first-order chi connectivity index (χ1) is 9.60. The highest BCUT2D eigenvalue weighted by Crippen LogP contribution is 2.23. The Bertz CT molecular complexity index is 631. The fraction of sp³-hybridized carbons (Fsp3) is 0.500. The molecule has 1 aromatic heterocycles. The molecule has 0 radical (unpaired) electrons. The zero-order valence-corrected chi connectivity index (χ0v) is 14.5. The molecule has 1 aromatic rings. The highest BCUT2D eigenvalue weighted by Gasteiger charge is 2.28. The van der Waals surface area contributed by atoms with Gasteiger partial charge < -0.3 is 11.1 Å². The van der Waals surface area contributed by atoms with Gasteiger partial charge in [0.2, 0.25) is 15.9 Å². The second-order valence-electron chi connectivity index (χ2n) is 5.10. The predicted molar refractivity (Wildman–Crippen MR) is 84.3 cm³/mol. The summed E-state index contributed by atoms with van der Waals surface area (Å²) in [5, 5.41) is 2.89. The lowest BCUT2D eigenvalue weighted by Gasteiger charge is -2.21. The van der Waals surface area contributed by atoms with E-state index in [4.69, 9.17) is 5.73 Å². The highest BCUT2D eigenvalue weighted by molar-refractivity contribution is 9.10. The molecular formula is C12H19BrN4O3S. The maximum atomic E-state index is 12.4. The van der Waals surface area contributed by atoms with Gasteiger partial charge in [-0.3, -0.25) is 4.79 Å². The van der Waals surface area contributed by atoms with Gasteiger partial charge >= 0.3 is 0 Å². The lowest BCUT2D eigenvalue weighted by atomic mass is 9.93. The van der Waals surface area contributed by atoms with Crippen LogP contribution in [0.15, 0.2) is 21.6 Å². The average Bonchev–Trinajstić information content (AvgIpc) is 2.39. The summed E-state index contributed by atoms with van der Waals surface area (Å²) in [4.78, 5) is 15.3. The summed E-state index contributed by atoms with van der Waals surface area (Å²) in [7, 11) is -3.82. The van der Waals surface area contributed by atoms with Crippen LogP contribution in [0.2, 0.25) is 0 Å². The van der Waals surface area contributed by atoms with Crippen LogP contribution in [0.5, 0.6) is 0 Å². The number of nitrogens with one attached hydrogen (secondary N) is 2. The van der Waals surface area contributed by atoms with Gasteiger partial charge in [-0.2, -0.15) is 0 Å². The molecule has 118 valence electrons. The van der Waals surface area contributed by atoms with Gasteiger partial charge in [-0.25, -0.2) is 18.1 Å². The number of nitrogens with zero attached hydrogens (tertiary/aromatic N) is 1. The second-order valence-corrected chi connectivity index (χ2v) is 7.75. The molecule has 7 nitrogen and oxygen atoms in total. The Hall–Kier alpha value is -1.19. The maximum Gasteiger partial charge on any atom is 0.244 e. The van der Waals surface area contributed by atoms with Crippen molar-refractivity contribution in [3.05, 3.63) is 16.7 Å². The summed E-state index contributed by atoms with van der Waals surface area (Å²) in [6.07, 6.45) is 1.50. The van der Waals surface area contributed by atoms with Crippen molar-refractivity contribution in [2.45, 2.75) is 25.7 Å². The van der Waals surface area contributed by atoms with Crippen molar-refractivity contribution in [1.29, 1.82) is 0 Å². The van der Waals surface area contributed by atoms with Crippen molar-refractivity contribution >= 4 is 37.7 Å². The molecule has 1 heterocycles. The number of halogens is 1. The van der Waals surface area contributed by atoms with E-state index in [1.54, 1.807) is 13.8 Å². The summed E-state index contributed by atoms with van der Waals surface area (Å²) in [6.45, 7) is 5.42. The van der Waals surface area contributed by atoms with Crippen LogP contribution in [0, 0.1) is 5.41 Å². The molecule has 9 heteroatoms. The number of carbonyl (C=O) groups is 1. The molecule has 4 N–H and O–H groups in total. The van der Waals surface area contributed by atoms with Crippen molar-refractivity contribution in [2.24, 2.45) is 11.1 Å². The van der Waals surface area contributed by atoms with E-state index in [0.29, 0.717) is 11.0 Å². The number of amides is 1. The van der Waals surface area contributed by atoms with E-state index in [-0.39, 0.29) is 17.3 Å². The van der Waals surface area contributed by atoms with Crippen molar-refractivity contribution in [2.75, 3.05) is 18.4 Å². The zero-order chi connectivity index (χ0) is 16.3. The van der Waals surface area contributed by atoms with Gasteiger partial charge in [0.25, 0.3) is 0 Å². The molecule has 21 heavy (non-hydrogen) atoms. The maximum absolute atomic E-state index is 12.4. The predicted octanol–water partition coefficient (Wildman–Crippen LogP) is 1.07. The third kappa shape index (κ3) is 4.65. The number of sulfonamides is 1. The lowest BCUT2D eigenvalue weighted by molar-refractivity contribution is -0.125. The molecule has 0 bridgehead atoms. The molecule has 0 unspecified atom stereocenters. The van der Waals surface area contributed by atoms with Crippen LogP contribution in [0.25, 0.3) is 0 Å². The molecule has 1 amide bonds. The minimum atomic E-state index is -3.82. The van der Waals surface area contributed by atoms with E-state index in [9.17, 15) is 13.2 Å². The van der Waals surface area contributed by atoms with Crippen LogP contribution < -0.4 is 15.8 Å². The largest absolute Gasteiger partial charge is 0.369 e. The van der Waals surface area contributed by atoms with E-state index < -0.39 is 21.3 Å². The van der Waals surface area contributed by atoms with Gasteiger partial charge in [0.1, 0.15) is 10.7 Å². The molecule has 0 aliphatic rings. The minimum Gasteiger partial charge on any atom is -0.369 e. The average molecular weight is 379 g/mol. The molecule has 0 spiro atoms. The Morgan fingerprint density at radius 2 is 2.10 bits per heavy atom. The Morgan fingerprint density at radius 1 is 1.48 bits per heavy atom. The Morgan fingerprint density at radius 3 is 2.62 bits per heavy atom. The lowest BCUT2D eigenvalue weighted by Crippen LogP contribution is -2.42. The first-order valence-electron chi connectivity index (χ1n) is 6.29. The SMILES string of the molecule is CCNc1ncc(Br)cc1S(=O)(=O)NCC(C)(C)C(N)=O. The van der Waals surface area contributed by atoms with Crippen LogP contribution in [-0.2, 0) is 14.8 Å².